The minimum absolute atomic E-state index is 0.131. The third-order valence-corrected chi connectivity index (χ3v) is 5.04. The summed E-state index contributed by atoms with van der Waals surface area (Å²) in [6.45, 7) is 0.598. The molecule has 0 radical (unpaired) electrons. The Bertz CT molecular complexity index is 1090. The van der Waals surface area contributed by atoms with Crippen LogP contribution in [0.1, 0.15) is 27.9 Å². The molecule has 0 aliphatic carbocycles. The maximum Gasteiger partial charge on any atom is 0.254 e. The number of carbonyl (C=O) groups is 1. The Balaban J connectivity index is 1.81. The first-order chi connectivity index (χ1) is 15.9. The smallest absolute Gasteiger partial charge is 0.254 e. The number of methoxy groups -OCH3 is 1. The second-order valence-corrected chi connectivity index (χ2v) is 7.34. The molecule has 5 nitrogen and oxygen atoms in total. The molecule has 3 aromatic rings. The maximum absolute atomic E-state index is 14.2. The Morgan fingerprint density at radius 1 is 0.970 bits per heavy atom. The molecule has 0 aliphatic rings. The first-order valence-corrected chi connectivity index (χ1v) is 10.4. The molecule has 8 heteroatoms. The molecule has 0 saturated heterocycles. The molecular weight excluding hydrogens is 433 g/mol. The van der Waals surface area contributed by atoms with Crippen LogP contribution in [-0.2, 0) is 13.2 Å². The predicted molar refractivity (Wildman–Crippen MR) is 118 cm³/mol. The van der Waals surface area contributed by atoms with E-state index in [0.29, 0.717) is 31.1 Å². The SMILES string of the molecule is COc1cc(C(=O)N(CCCN)Cc2ccc(F)c(F)c2F)ccc1OCc1ccccc1. The van der Waals surface area contributed by atoms with E-state index in [-0.39, 0.29) is 24.2 Å². The molecule has 0 fully saturated rings. The van der Waals surface area contributed by atoms with Gasteiger partial charge in [0, 0.05) is 24.2 Å². The van der Waals surface area contributed by atoms with E-state index < -0.39 is 23.4 Å². The molecule has 0 bridgehead atoms. The Morgan fingerprint density at radius 3 is 2.42 bits per heavy atom. The van der Waals surface area contributed by atoms with Crippen LogP contribution in [-0.4, -0.2) is 31.0 Å². The highest BCUT2D eigenvalue weighted by Gasteiger charge is 2.21. The lowest BCUT2D eigenvalue weighted by molar-refractivity contribution is 0.0739. The first-order valence-electron chi connectivity index (χ1n) is 10.4. The molecule has 0 atom stereocenters. The molecule has 0 aromatic heterocycles. The number of halogens is 3. The van der Waals surface area contributed by atoms with E-state index in [2.05, 4.69) is 0 Å². The molecule has 3 rings (SSSR count). The van der Waals surface area contributed by atoms with Gasteiger partial charge in [-0.3, -0.25) is 4.79 Å². The Kier molecular flexibility index (Phi) is 8.32. The van der Waals surface area contributed by atoms with E-state index in [1.807, 2.05) is 30.3 Å². The molecule has 0 aliphatic heterocycles. The van der Waals surface area contributed by atoms with E-state index in [1.54, 1.807) is 12.1 Å². The molecule has 33 heavy (non-hydrogen) atoms. The van der Waals surface area contributed by atoms with Crippen molar-refractivity contribution in [3.63, 3.8) is 0 Å². The molecule has 0 spiro atoms. The van der Waals surface area contributed by atoms with Crippen molar-refractivity contribution >= 4 is 5.91 Å². The third kappa shape index (κ3) is 6.04. The van der Waals surface area contributed by atoms with Crippen LogP contribution in [0.4, 0.5) is 13.2 Å². The van der Waals surface area contributed by atoms with E-state index in [9.17, 15) is 18.0 Å². The second kappa shape index (κ2) is 11.4. The number of carbonyl (C=O) groups excluding carboxylic acids is 1. The number of rotatable bonds is 10. The number of ether oxygens (including phenoxy) is 2. The van der Waals surface area contributed by atoms with Gasteiger partial charge >= 0.3 is 0 Å². The number of nitrogens with two attached hydrogens (primary N) is 1. The monoisotopic (exact) mass is 458 g/mol. The zero-order valence-electron chi connectivity index (χ0n) is 18.2. The lowest BCUT2D eigenvalue weighted by Crippen LogP contribution is -2.33. The summed E-state index contributed by atoms with van der Waals surface area (Å²) >= 11 is 0. The van der Waals surface area contributed by atoms with Gasteiger partial charge < -0.3 is 20.1 Å². The largest absolute Gasteiger partial charge is 0.493 e. The van der Waals surface area contributed by atoms with Crippen molar-refractivity contribution in [1.29, 1.82) is 0 Å². The fourth-order valence-corrected chi connectivity index (χ4v) is 3.27. The highest BCUT2D eigenvalue weighted by atomic mass is 19.2. The van der Waals surface area contributed by atoms with E-state index in [0.717, 1.165) is 17.7 Å². The predicted octanol–water partition coefficient (Wildman–Crippen LogP) is 4.68. The van der Waals surface area contributed by atoms with Crippen LogP contribution < -0.4 is 15.2 Å². The quantitative estimate of drug-likeness (QED) is 0.448. The lowest BCUT2D eigenvalue weighted by Gasteiger charge is -2.23. The Labute approximate surface area is 190 Å². The normalized spacial score (nSPS) is 10.7. The lowest BCUT2D eigenvalue weighted by atomic mass is 10.1. The van der Waals surface area contributed by atoms with Crippen LogP contribution in [0.15, 0.2) is 60.7 Å². The van der Waals surface area contributed by atoms with Crippen molar-refractivity contribution in [2.75, 3.05) is 20.2 Å². The Morgan fingerprint density at radius 2 is 1.73 bits per heavy atom. The van der Waals surface area contributed by atoms with Crippen LogP contribution in [0.2, 0.25) is 0 Å². The zero-order chi connectivity index (χ0) is 23.8. The summed E-state index contributed by atoms with van der Waals surface area (Å²) in [6.07, 6.45) is 0.451. The fourth-order valence-electron chi connectivity index (χ4n) is 3.27. The van der Waals surface area contributed by atoms with Crippen molar-refractivity contribution in [1.82, 2.24) is 4.90 Å². The van der Waals surface area contributed by atoms with Gasteiger partial charge in [0.1, 0.15) is 6.61 Å². The molecule has 174 valence electrons. The standard InChI is InChI=1S/C25H25F3N2O3/c1-32-22-14-18(9-11-21(22)33-16-17-6-3-2-4-7-17)25(31)30(13-5-12-29)15-19-8-10-20(26)24(28)23(19)27/h2-4,6-11,14H,5,12-13,15-16,29H2,1H3. The molecule has 3 aromatic carbocycles. The van der Waals surface area contributed by atoms with Crippen LogP contribution in [0, 0.1) is 17.5 Å². The second-order valence-electron chi connectivity index (χ2n) is 7.34. The number of amides is 1. The van der Waals surface area contributed by atoms with Gasteiger partial charge in [0.25, 0.3) is 5.91 Å². The summed E-state index contributed by atoms with van der Waals surface area (Å²) in [5.41, 5.74) is 6.69. The van der Waals surface area contributed by atoms with Gasteiger partial charge in [-0.25, -0.2) is 13.2 Å². The Hall–Kier alpha value is -3.52. The molecular formula is C25H25F3N2O3. The molecule has 0 unspecified atom stereocenters. The number of benzene rings is 3. The highest BCUT2D eigenvalue weighted by Crippen LogP contribution is 2.30. The van der Waals surface area contributed by atoms with E-state index in [4.69, 9.17) is 15.2 Å². The average Bonchev–Trinajstić information content (AvgIpc) is 2.85. The first kappa shape index (κ1) is 24.1. The summed E-state index contributed by atoms with van der Waals surface area (Å²) in [4.78, 5) is 14.5. The van der Waals surface area contributed by atoms with Gasteiger partial charge in [-0.2, -0.15) is 0 Å². The summed E-state index contributed by atoms with van der Waals surface area (Å²) in [7, 11) is 1.46. The van der Waals surface area contributed by atoms with Crippen molar-refractivity contribution in [2.45, 2.75) is 19.6 Å². The van der Waals surface area contributed by atoms with Gasteiger partial charge in [0.05, 0.1) is 7.11 Å². The minimum Gasteiger partial charge on any atom is -0.493 e. The van der Waals surface area contributed by atoms with E-state index >= 15 is 0 Å². The topological polar surface area (TPSA) is 64.8 Å². The maximum atomic E-state index is 14.2. The third-order valence-electron chi connectivity index (χ3n) is 5.04. The summed E-state index contributed by atoms with van der Waals surface area (Å²) in [6, 6.07) is 16.3. The highest BCUT2D eigenvalue weighted by molar-refractivity contribution is 5.95. The van der Waals surface area contributed by atoms with Crippen molar-refractivity contribution < 1.29 is 27.4 Å². The van der Waals surface area contributed by atoms with Crippen LogP contribution in [0.3, 0.4) is 0 Å². The van der Waals surface area contributed by atoms with Crippen LogP contribution >= 0.6 is 0 Å². The van der Waals surface area contributed by atoms with Gasteiger partial charge in [0.2, 0.25) is 0 Å². The summed E-state index contributed by atoms with van der Waals surface area (Å²) in [5.74, 6) is -3.79. The van der Waals surface area contributed by atoms with Crippen molar-refractivity contribution in [3.8, 4) is 11.5 Å². The van der Waals surface area contributed by atoms with E-state index in [1.165, 1.54) is 18.1 Å². The van der Waals surface area contributed by atoms with Crippen molar-refractivity contribution in [3.05, 3.63) is 94.8 Å². The molecule has 2 N–H and O–H groups in total. The molecule has 1 amide bonds. The zero-order valence-corrected chi connectivity index (χ0v) is 18.2. The van der Waals surface area contributed by atoms with Gasteiger partial charge in [0.15, 0.2) is 29.0 Å². The van der Waals surface area contributed by atoms with Gasteiger partial charge in [-0.15, -0.1) is 0 Å². The molecule has 0 heterocycles. The number of hydrogen-bond acceptors (Lipinski definition) is 4. The van der Waals surface area contributed by atoms with Crippen LogP contribution in [0.5, 0.6) is 11.5 Å². The minimum atomic E-state index is -1.57. The number of hydrogen-bond donors (Lipinski definition) is 1. The van der Waals surface area contributed by atoms with Gasteiger partial charge in [-0.1, -0.05) is 36.4 Å². The van der Waals surface area contributed by atoms with Crippen LogP contribution in [0.25, 0.3) is 0 Å². The summed E-state index contributed by atoms with van der Waals surface area (Å²) in [5, 5.41) is 0. The van der Waals surface area contributed by atoms with Gasteiger partial charge in [-0.05, 0) is 42.8 Å². The average molecular weight is 458 g/mol. The fraction of sp³-hybridized carbons (Fsp3) is 0.240. The molecule has 0 saturated carbocycles. The number of nitrogens with zero attached hydrogens (tertiary/aromatic N) is 1. The summed E-state index contributed by atoms with van der Waals surface area (Å²) < 4.78 is 52.3. The van der Waals surface area contributed by atoms with Crippen molar-refractivity contribution in [2.24, 2.45) is 5.73 Å².